The lowest BCUT2D eigenvalue weighted by Crippen LogP contribution is -2.52. The highest BCUT2D eigenvalue weighted by molar-refractivity contribution is 7.89. The summed E-state index contributed by atoms with van der Waals surface area (Å²) in [6.45, 7) is 1.72. The number of ether oxygens (including phenoxy) is 1. The summed E-state index contributed by atoms with van der Waals surface area (Å²) < 4.78 is 66.8. The molecule has 1 saturated heterocycles. The monoisotopic (exact) mass is 339 g/mol. The summed E-state index contributed by atoms with van der Waals surface area (Å²) in [5, 5.41) is 3.08. The number of hydrogen-bond acceptors (Lipinski definition) is 5. The average Bonchev–Trinajstić information content (AvgIpc) is 2.45. The van der Waals surface area contributed by atoms with Gasteiger partial charge in [0.1, 0.15) is 4.90 Å². The van der Waals surface area contributed by atoms with Crippen molar-refractivity contribution in [2.75, 3.05) is 26.2 Å². The first-order valence-corrected chi connectivity index (χ1v) is 8.02. The lowest BCUT2D eigenvalue weighted by molar-refractivity contribution is -0.154. The van der Waals surface area contributed by atoms with Crippen molar-refractivity contribution in [3.05, 3.63) is 18.3 Å². The zero-order valence-corrected chi connectivity index (χ0v) is 12.6. The summed E-state index contributed by atoms with van der Waals surface area (Å²) in [6.07, 6.45) is -3.46. The Morgan fingerprint density at radius 2 is 2.18 bits per heavy atom. The van der Waals surface area contributed by atoms with Gasteiger partial charge in [-0.15, -0.1) is 0 Å². The molecule has 0 unspecified atom stereocenters. The van der Waals surface area contributed by atoms with E-state index in [9.17, 15) is 21.6 Å². The van der Waals surface area contributed by atoms with Crippen LogP contribution in [-0.4, -0.2) is 56.2 Å². The smallest absolute Gasteiger partial charge is 0.422 e. The van der Waals surface area contributed by atoms with Gasteiger partial charge in [-0.2, -0.15) is 17.5 Å². The first-order chi connectivity index (χ1) is 10.2. The molecule has 6 nitrogen and oxygen atoms in total. The molecule has 0 amide bonds. The molecule has 0 aliphatic carbocycles. The minimum atomic E-state index is -4.47. The van der Waals surface area contributed by atoms with Crippen molar-refractivity contribution in [3.63, 3.8) is 0 Å². The molecule has 2 heterocycles. The summed E-state index contributed by atoms with van der Waals surface area (Å²) in [7, 11) is -3.72. The topological polar surface area (TPSA) is 71.5 Å². The predicted molar refractivity (Wildman–Crippen MR) is 72.0 cm³/mol. The fourth-order valence-corrected chi connectivity index (χ4v) is 3.65. The highest BCUT2D eigenvalue weighted by Gasteiger charge is 2.31. The first-order valence-electron chi connectivity index (χ1n) is 6.58. The molecule has 0 saturated carbocycles. The lowest BCUT2D eigenvalue weighted by atomic mass is 10.3. The van der Waals surface area contributed by atoms with Crippen LogP contribution in [0.5, 0.6) is 5.88 Å². The fourth-order valence-electron chi connectivity index (χ4n) is 2.08. The van der Waals surface area contributed by atoms with Crippen LogP contribution in [0.3, 0.4) is 0 Å². The number of rotatable bonds is 4. The largest absolute Gasteiger partial charge is 0.468 e. The van der Waals surface area contributed by atoms with E-state index in [1.54, 1.807) is 6.92 Å². The van der Waals surface area contributed by atoms with Crippen LogP contribution in [0.25, 0.3) is 0 Å². The van der Waals surface area contributed by atoms with Gasteiger partial charge < -0.3 is 10.1 Å². The maximum Gasteiger partial charge on any atom is 0.422 e. The van der Waals surface area contributed by atoms with Crippen LogP contribution in [-0.2, 0) is 10.0 Å². The molecule has 0 aromatic carbocycles. The number of hydrogen-bond donors (Lipinski definition) is 1. The third kappa shape index (κ3) is 4.08. The molecule has 10 heteroatoms. The molecule has 1 aromatic heterocycles. The van der Waals surface area contributed by atoms with E-state index in [1.807, 2.05) is 0 Å². The molecule has 124 valence electrons. The van der Waals surface area contributed by atoms with Gasteiger partial charge in [-0.3, -0.25) is 0 Å². The number of piperazine rings is 1. The third-order valence-electron chi connectivity index (χ3n) is 3.14. The van der Waals surface area contributed by atoms with Crippen LogP contribution >= 0.6 is 0 Å². The predicted octanol–water partition coefficient (Wildman–Crippen LogP) is 1.01. The second kappa shape index (κ2) is 6.39. The Bertz CT molecular complexity index is 604. The Labute approximate surface area is 126 Å². The van der Waals surface area contributed by atoms with Crippen molar-refractivity contribution in [3.8, 4) is 5.88 Å². The summed E-state index contributed by atoms with van der Waals surface area (Å²) in [6, 6.07) is 2.11. The van der Waals surface area contributed by atoms with Crippen molar-refractivity contribution in [1.82, 2.24) is 14.6 Å². The van der Waals surface area contributed by atoms with E-state index in [0.717, 1.165) is 12.3 Å². The first kappa shape index (κ1) is 17.0. The van der Waals surface area contributed by atoms with Gasteiger partial charge in [0.2, 0.25) is 15.9 Å². The minimum Gasteiger partial charge on any atom is -0.468 e. The maximum atomic E-state index is 12.5. The standard InChI is InChI=1S/C12H16F3N3O3S/c1-9-6-16-4-5-18(9)22(19,20)10-2-3-11(17-7-10)21-8-12(13,14)15/h2-3,7,9,16H,4-6,8H2,1H3/t9-/m1/s1. The van der Waals surface area contributed by atoms with Gasteiger partial charge in [0.15, 0.2) is 6.61 Å². The van der Waals surface area contributed by atoms with Gasteiger partial charge in [-0.05, 0) is 13.0 Å². The second-order valence-electron chi connectivity index (χ2n) is 4.90. The zero-order valence-electron chi connectivity index (χ0n) is 11.8. The molecule has 1 aromatic rings. The van der Waals surface area contributed by atoms with Crippen LogP contribution < -0.4 is 10.1 Å². The van der Waals surface area contributed by atoms with Crippen LogP contribution in [0.2, 0.25) is 0 Å². The normalized spacial score (nSPS) is 20.8. The zero-order chi connectivity index (χ0) is 16.4. The fraction of sp³-hybridized carbons (Fsp3) is 0.583. The van der Waals surface area contributed by atoms with Gasteiger partial charge >= 0.3 is 6.18 Å². The molecule has 1 aliphatic heterocycles. The van der Waals surface area contributed by atoms with E-state index in [4.69, 9.17) is 0 Å². The molecule has 22 heavy (non-hydrogen) atoms. The molecule has 1 atom stereocenters. The summed E-state index contributed by atoms with van der Waals surface area (Å²) >= 11 is 0. The van der Waals surface area contributed by atoms with Crippen LogP contribution in [0.15, 0.2) is 23.2 Å². The number of nitrogens with one attached hydrogen (secondary N) is 1. The van der Waals surface area contributed by atoms with Crippen molar-refractivity contribution in [2.45, 2.75) is 24.0 Å². The Morgan fingerprint density at radius 1 is 1.45 bits per heavy atom. The van der Waals surface area contributed by atoms with Crippen LogP contribution in [0, 0.1) is 0 Å². The van der Waals surface area contributed by atoms with Crippen molar-refractivity contribution < 1.29 is 26.3 Å². The average molecular weight is 339 g/mol. The van der Waals surface area contributed by atoms with Crippen molar-refractivity contribution in [2.24, 2.45) is 0 Å². The Morgan fingerprint density at radius 3 is 2.73 bits per heavy atom. The SMILES string of the molecule is C[C@@H]1CNCCN1S(=O)(=O)c1ccc(OCC(F)(F)F)nc1. The van der Waals surface area contributed by atoms with E-state index in [2.05, 4.69) is 15.0 Å². The molecule has 1 N–H and O–H groups in total. The Kier molecular flexibility index (Phi) is 4.93. The number of pyridine rings is 1. The molecule has 0 radical (unpaired) electrons. The number of nitrogens with zero attached hydrogens (tertiary/aromatic N) is 2. The van der Waals surface area contributed by atoms with Gasteiger partial charge in [0.05, 0.1) is 6.20 Å². The molecule has 1 aliphatic rings. The number of sulfonamides is 1. The van der Waals surface area contributed by atoms with E-state index < -0.39 is 22.8 Å². The molecule has 1 fully saturated rings. The number of halogens is 3. The maximum absolute atomic E-state index is 12.5. The van der Waals surface area contributed by atoms with Gasteiger partial charge in [-0.25, -0.2) is 13.4 Å². The van der Waals surface area contributed by atoms with Crippen LogP contribution in [0.4, 0.5) is 13.2 Å². The second-order valence-corrected chi connectivity index (χ2v) is 6.80. The van der Waals surface area contributed by atoms with E-state index in [0.29, 0.717) is 19.6 Å². The Balaban J connectivity index is 2.12. The summed E-state index contributed by atoms with van der Waals surface area (Å²) in [4.78, 5) is 3.56. The quantitative estimate of drug-likeness (QED) is 0.886. The van der Waals surface area contributed by atoms with E-state index in [1.165, 1.54) is 10.4 Å². The highest BCUT2D eigenvalue weighted by atomic mass is 32.2. The van der Waals surface area contributed by atoms with Crippen molar-refractivity contribution in [1.29, 1.82) is 0 Å². The molecule has 2 rings (SSSR count). The molecular formula is C12H16F3N3O3S. The van der Waals surface area contributed by atoms with Gasteiger partial charge in [0.25, 0.3) is 0 Å². The summed E-state index contributed by atoms with van der Waals surface area (Å²) in [5.41, 5.74) is 0. The molecule has 0 bridgehead atoms. The molecule has 0 spiro atoms. The van der Waals surface area contributed by atoms with Crippen molar-refractivity contribution >= 4 is 10.0 Å². The van der Waals surface area contributed by atoms with E-state index in [-0.39, 0.29) is 16.8 Å². The van der Waals surface area contributed by atoms with Gasteiger partial charge in [0, 0.05) is 31.7 Å². The third-order valence-corrected chi connectivity index (χ3v) is 5.14. The Hall–Kier alpha value is -1.39. The number of aromatic nitrogens is 1. The highest BCUT2D eigenvalue weighted by Crippen LogP contribution is 2.21. The van der Waals surface area contributed by atoms with Gasteiger partial charge in [-0.1, -0.05) is 0 Å². The lowest BCUT2D eigenvalue weighted by Gasteiger charge is -2.32. The summed E-state index contributed by atoms with van der Waals surface area (Å²) in [5.74, 6) is -0.273. The van der Waals surface area contributed by atoms with Crippen LogP contribution in [0.1, 0.15) is 6.92 Å². The van der Waals surface area contributed by atoms with E-state index >= 15 is 0 Å². The molecular weight excluding hydrogens is 323 g/mol. The number of alkyl halides is 3. The minimum absolute atomic E-state index is 0.0689.